The van der Waals surface area contributed by atoms with Gasteiger partial charge in [0.2, 0.25) is 11.8 Å². The Morgan fingerprint density at radius 2 is 1.88 bits per heavy atom. The number of anilines is 1. The highest BCUT2D eigenvalue weighted by Gasteiger charge is 2.14. The van der Waals surface area contributed by atoms with Crippen LogP contribution in [0.4, 0.5) is 5.69 Å². The molecule has 24 heavy (non-hydrogen) atoms. The van der Waals surface area contributed by atoms with Crippen LogP contribution in [0.5, 0.6) is 5.75 Å². The molecule has 2 amide bonds. The summed E-state index contributed by atoms with van der Waals surface area (Å²) in [6.07, 6.45) is 1.75. The number of nitrogens with one attached hydrogen (secondary N) is 2. The fraction of sp³-hybridized carbons (Fsp3) is 0.529. The third-order valence-electron chi connectivity index (χ3n) is 3.28. The molecule has 0 radical (unpaired) electrons. The molecule has 0 atom stereocenters. The minimum atomic E-state index is -0.187. The number of hydrogen-bond acceptors (Lipinski definition) is 4. The summed E-state index contributed by atoms with van der Waals surface area (Å²) in [4.78, 5) is 25.9. The number of amides is 2. The van der Waals surface area contributed by atoms with E-state index in [1.54, 1.807) is 18.2 Å². The molecule has 0 fully saturated rings. The molecular weight excluding hydrogens is 330 g/mol. The van der Waals surface area contributed by atoms with E-state index in [4.69, 9.17) is 16.3 Å². The monoisotopic (exact) mass is 355 g/mol. The number of halogens is 1. The Morgan fingerprint density at radius 3 is 2.46 bits per heavy atom. The number of ether oxygens (including phenoxy) is 1. The maximum Gasteiger partial charge on any atom is 0.238 e. The van der Waals surface area contributed by atoms with Gasteiger partial charge >= 0.3 is 0 Å². The minimum Gasteiger partial charge on any atom is -0.495 e. The number of rotatable bonds is 10. The van der Waals surface area contributed by atoms with Gasteiger partial charge < -0.3 is 15.4 Å². The first-order valence-electron chi connectivity index (χ1n) is 8.12. The molecule has 0 aliphatic rings. The molecule has 0 saturated heterocycles. The van der Waals surface area contributed by atoms with E-state index in [0.717, 1.165) is 12.8 Å². The second kappa shape index (κ2) is 10.9. The van der Waals surface area contributed by atoms with Crippen molar-refractivity contribution in [3.63, 3.8) is 0 Å². The standard InChI is InChI=1S/C17H26ClN3O3/c1-4-8-19-16(22)11-21(9-5-2)12-17(23)20-13-6-7-15(24-3)14(18)10-13/h6-7,10H,4-5,8-9,11-12H2,1-3H3,(H,19,22)(H,20,23). The van der Waals surface area contributed by atoms with Gasteiger partial charge in [0.25, 0.3) is 0 Å². The highest BCUT2D eigenvalue weighted by molar-refractivity contribution is 6.32. The van der Waals surface area contributed by atoms with Crippen LogP contribution >= 0.6 is 11.6 Å². The Balaban J connectivity index is 2.58. The fourth-order valence-corrected chi connectivity index (χ4v) is 2.46. The normalized spacial score (nSPS) is 10.5. The molecule has 0 aromatic heterocycles. The van der Waals surface area contributed by atoms with Gasteiger partial charge in [0, 0.05) is 12.2 Å². The first kappa shape index (κ1) is 20.3. The van der Waals surface area contributed by atoms with E-state index in [1.807, 2.05) is 18.7 Å². The fourth-order valence-electron chi connectivity index (χ4n) is 2.20. The zero-order valence-electron chi connectivity index (χ0n) is 14.5. The second-order valence-electron chi connectivity index (χ2n) is 5.46. The molecule has 0 saturated carbocycles. The van der Waals surface area contributed by atoms with Gasteiger partial charge in [-0.3, -0.25) is 14.5 Å². The number of carbonyl (C=O) groups is 2. The van der Waals surface area contributed by atoms with Gasteiger partial charge in [-0.15, -0.1) is 0 Å². The van der Waals surface area contributed by atoms with Crippen LogP contribution in [0.3, 0.4) is 0 Å². The van der Waals surface area contributed by atoms with E-state index in [9.17, 15) is 9.59 Å². The second-order valence-corrected chi connectivity index (χ2v) is 5.87. The van der Waals surface area contributed by atoms with Crippen LogP contribution in [-0.2, 0) is 9.59 Å². The summed E-state index contributed by atoms with van der Waals surface area (Å²) >= 11 is 6.05. The molecule has 1 rings (SSSR count). The van der Waals surface area contributed by atoms with Gasteiger partial charge in [-0.05, 0) is 37.6 Å². The molecule has 134 valence electrons. The molecule has 0 aliphatic carbocycles. The summed E-state index contributed by atoms with van der Waals surface area (Å²) in [5, 5.41) is 6.04. The van der Waals surface area contributed by atoms with Crippen LogP contribution < -0.4 is 15.4 Å². The van der Waals surface area contributed by atoms with E-state index >= 15 is 0 Å². The Bertz CT molecular complexity index is 552. The van der Waals surface area contributed by atoms with E-state index < -0.39 is 0 Å². The lowest BCUT2D eigenvalue weighted by atomic mass is 10.3. The first-order chi connectivity index (χ1) is 11.5. The molecule has 2 N–H and O–H groups in total. The maximum absolute atomic E-state index is 12.2. The summed E-state index contributed by atoms with van der Waals surface area (Å²) in [6.45, 7) is 5.70. The van der Waals surface area contributed by atoms with Crippen molar-refractivity contribution in [1.29, 1.82) is 0 Å². The van der Waals surface area contributed by atoms with Gasteiger partial charge in [-0.1, -0.05) is 25.4 Å². The summed E-state index contributed by atoms with van der Waals surface area (Å²) in [5.41, 5.74) is 0.595. The van der Waals surface area contributed by atoms with Crippen molar-refractivity contribution >= 4 is 29.1 Å². The minimum absolute atomic E-state index is 0.0643. The lowest BCUT2D eigenvalue weighted by Gasteiger charge is -2.20. The molecule has 7 heteroatoms. The Kier molecular flexibility index (Phi) is 9.19. The smallest absolute Gasteiger partial charge is 0.238 e. The quantitative estimate of drug-likeness (QED) is 0.676. The predicted molar refractivity (Wildman–Crippen MR) is 96.7 cm³/mol. The Labute approximate surface area is 148 Å². The van der Waals surface area contributed by atoms with Gasteiger partial charge in [0.05, 0.1) is 25.2 Å². The van der Waals surface area contributed by atoms with Crippen LogP contribution in [0.1, 0.15) is 26.7 Å². The summed E-state index contributed by atoms with van der Waals surface area (Å²) in [7, 11) is 1.53. The van der Waals surface area contributed by atoms with Crippen LogP contribution in [0.2, 0.25) is 5.02 Å². The van der Waals surface area contributed by atoms with E-state index in [2.05, 4.69) is 10.6 Å². The highest BCUT2D eigenvalue weighted by atomic mass is 35.5. The lowest BCUT2D eigenvalue weighted by molar-refractivity contribution is -0.123. The lowest BCUT2D eigenvalue weighted by Crippen LogP contribution is -2.41. The first-order valence-corrected chi connectivity index (χ1v) is 8.50. The number of benzene rings is 1. The molecule has 1 aromatic carbocycles. The number of hydrogen-bond donors (Lipinski definition) is 2. The topological polar surface area (TPSA) is 70.7 Å². The average molecular weight is 356 g/mol. The number of nitrogens with zero attached hydrogens (tertiary/aromatic N) is 1. The molecule has 0 aliphatic heterocycles. The number of methoxy groups -OCH3 is 1. The van der Waals surface area contributed by atoms with Crippen LogP contribution in [0.15, 0.2) is 18.2 Å². The molecule has 0 unspecified atom stereocenters. The summed E-state index contributed by atoms with van der Waals surface area (Å²) < 4.78 is 5.08. The highest BCUT2D eigenvalue weighted by Crippen LogP contribution is 2.27. The Morgan fingerprint density at radius 1 is 1.17 bits per heavy atom. The van der Waals surface area contributed by atoms with Gasteiger partial charge in [0.15, 0.2) is 0 Å². The maximum atomic E-state index is 12.2. The molecule has 0 spiro atoms. The van der Waals surface area contributed by atoms with Crippen LogP contribution in [0.25, 0.3) is 0 Å². The van der Waals surface area contributed by atoms with Crippen molar-refractivity contribution in [2.75, 3.05) is 38.6 Å². The zero-order valence-corrected chi connectivity index (χ0v) is 15.3. The van der Waals surface area contributed by atoms with Crippen molar-refractivity contribution in [2.45, 2.75) is 26.7 Å². The van der Waals surface area contributed by atoms with Crippen LogP contribution in [-0.4, -0.2) is 50.0 Å². The zero-order chi connectivity index (χ0) is 17.9. The van der Waals surface area contributed by atoms with Crippen molar-refractivity contribution in [2.24, 2.45) is 0 Å². The van der Waals surface area contributed by atoms with Crippen molar-refractivity contribution in [3.05, 3.63) is 23.2 Å². The van der Waals surface area contributed by atoms with Crippen LogP contribution in [0, 0.1) is 0 Å². The third-order valence-corrected chi connectivity index (χ3v) is 3.58. The predicted octanol–water partition coefficient (Wildman–Crippen LogP) is 2.53. The van der Waals surface area contributed by atoms with Crippen molar-refractivity contribution < 1.29 is 14.3 Å². The van der Waals surface area contributed by atoms with E-state index in [1.165, 1.54) is 7.11 Å². The van der Waals surface area contributed by atoms with E-state index in [-0.39, 0.29) is 24.9 Å². The molecule has 0 heterocycles. The largest absolute Gasteiger partial charge is 0.495 e. The number of carbonyl (C=O) groups excluding carboxylic acids is 2. The van der Waals surface area contributed by atoms with Crippen molar-refractivity contribution in [3.8, 4) is 5.75 Å². The molecule has 0 bridgehead atoms. The Hall–Kier alpha value is -1.79. The van der Waals surface area contributed by atoms with Crippen molar-refractivity contribution in [1.82, 2.24) is 10.2 Å². The van der Waals surface area contributed by atoms with Gasteiger partial charge in [0.1, 0.15) is 5.75 Å². The third kappa shape index (κ3) is 7.19. The summed E-state index contributed by atoms with van der Waals surface area (Å²) in [6, 6.07) is 5.05. The molecule has 6 nitrogen and oxygen atoms in total. The van der Waals surface area contributed by atoms with Gasteiger partial charge in [-0.2, -0.15) is 0 Å². The SMILES string of the molecule is CCCNC(=O)CN(CCC)CC(=O)Nc1ccc(OC)c(Cl)c1. The molecule has 1 aromatic rings. The molecular formula is C17H26ClN3O3. The van der Waals surface area contributed by atoms with Gasteiger partial charge in [-0.25, -0.2) is 0 Å². The average Bonchev–Trinajstić information content (AvgIpc) is 2.53. The van der Waals surface area contributed by atoms with E-state index in [0.29, 0.717) is 29.5 Å². The summed E-state index contributed by atoms with van der Waals surface area (Å²) in [5.74, 6) is 0.299.